The summed E-state index contributed by atoms with van der Waals surface area (Å²) >= 11 is 0. The number of hydrogen-bond acceptors (Lipinski definition) is 4. The van der Waals surface area contributed by atoms with E-state index in [2.05, 4.69) is 10.3 Å². The number of rotatable bonds is 7. The van der Waals surface area contributed by atoms with Crippen LogP contribution in [0, 0.1) is 5.82 Å². The van der Waals surface area contributed by atoms with E-state index in [0.29, 0.717) is 51.2 Å². The zero-order valence-electron chi connectivity index (χ0n) is 16.8. The highest BCUT2D eigenvalue weighted by molar-refractivity contribution is 5.88. The van der Waals surface area contributed by atoms with Gasteiger partial charge in [0.05, 0.1) is 12.0 Å². The van der Waals surface area contributed by atoms with Crippen LogP contribution in [0.3, 0.4) is 0 Å². The zero-order chi connectivity index (χ0) is 20.8. The average Bonchev–Trinajstić information content (AvgIpc) is 2.79. The van der Waals surface area contributed by atoms with Gasteiger partial charge in [-0.3, -0.25) is 9.78 Å². The molecule has 6 heteroatoms. The maximum atomic E-state index is 13.8. The number of carbonyl (C=O) groups is 1. The Hall–Kier alpha value is -2.99. The van der Waals surface area contributed by atoms with E-state index < -0.39 is 5.41 Å². The van der Waals surface area contributed by atoms with Gasteiger partial charge in [0.2, 0.25) is 5.91 Å². The fourth-order valence-corrected chi connectivity index (χ4v) is 3.97. The summed E-state index contributed by atoms with van der Waals surface area (Å²) in [5, 5.41) is 4.05. The Morgan fingerprint density at radius 2 is 1.93 bits per heavy atom. The standard InChI is InChI=1S/C24H25FN2O3/c25-20-8-2-7-19(17-20)24(10-15-29-16-11-24)23(28)27-13-4-14-30-21-9-1-5-18-6-3-12-26-22(18)21/h1-3,5-9,12,17H,4,10-11,13-16H2,(H,27,28). The molecule has 0 aliphatic carbocycles. The molecular formula is C24H25FN2O3. The Morgan fingerprint density at radius 1 is 1.13 bits per heavy atom. The van der Waals surface area contributed by atoms with Gasteiger partial charge >= 0.3 is 0 Å². The smallest absolute Gasteiger partial charge is 0.230 e. The van der Waals surface area contributed by atoms with Crippen LogP contribution in [0.2, 0.25) is 0 Å². The molecule has 1 fully saturated rings. The molecule has 0 saturated carbocycles. The molecule has 1 aliphatic heterocycles. The number of pyridine rings is 1. The van der Waals surface area contributed by atoms with Gasteiger partial charge in [0.15, 0.2) is 0 Å². The second kappa shape index (κ2) is 9.22. The molecule has 156 valence electrons. The van der Waals surface area contributed by atoms with Gasteiger partial charge in [-0.1, -0.05) is 30.3 Å². The van der Waals surface area contributed by atoms with E-state index in [9.17, 15) is 9.18 Å². The highest BCUT2D eigenvalue weighted by atomic mass is 19.1. The van der Waals surface area contributed by atoms with Crippen LogP contribution in [0.15, 0.2) is 60.8 Å². The predicted molar refractivity (Wildman–Crippen MR) is 113 cm³/mol. The molecule has 0 atom stereocenters. The summed E-state index contributed by atoms with van der Waals surface area (Å²) in [5.41, 5.74) is 0.790. The molecule has 0 spiro atoms. The van der Waals surface area contributed by atoms with Crippen LogP contribution in [0.25, 0.3) is 10.9 Å². The van der Waals surface area contributed by atoms with E-state index >= 15 is 0 Å². The minimum atomic E-state index is -0.749. The minimum absolute atomic E-state index is 0.0803. The second-order valence-electron chi connectivity index (χ2n) is 7.49. The summed E-state index contributed by atoms with van der Waals surface area (Å²) in [6.07, 6.45) is 3.49. The molecule has 0 unspecified atom stereocenters. The van der Waals surface area contributed by atoms with Crippen molar-refractivity contribution < 1.29 is 18.7 Å². The Bertz CT molecular complexity index is 1010. The molecule has 0 radical (unpaired) electrons. The Labute approximate surface area is 175 Å². The highest BCUT2D eigenvalue weighted by Gasteiger charge is 2.41. The lowest BCUT2D eigenvalue weighted by atomic mass is 9.73. The molecule has 1 aromatic heterocycles. The van der Waals surface area contributed by atoms with Crippen LogP contribution in [-0.4, -0.2) is 37.3 Å². The van der Waals surface area contributed by atoms with E-state index in [1.807, 2.05) is 36.4 Å². The lowest BCUT2D eigenvalue weighted by Crippen LogP contribution is -2.48. The number of ether oxygens (including phenoxy) is 2. The molecule has 30 heavy (non-hydrogen) atoms. The Morgan fingerprint density at radius 3 is 2.77 bits per heavy atom. The number of benzene rings is 2. The van der Waals surface area contributed by atoms with E-state index in [1.165, 1.54) is 12.1 Å². The summed E-state index contributed by atoms with van der Waals surface area (Å²) in [6.45, 7) is 1.92. The number of nitrogens with one attached hydrogen (secondary N) is 1. The number of para-hydroxylation sites is 1. The number of aromatic nitrogens is 1. The van der Waals surface area contributed by atoms with Gasteiger partial charge in [-0.25, -0.2) is 4.39 Å². The van der Waals surface area contributed by atoms with E-state index in [-0.39, 0.29) is 11.7 Å². The van der Waals surface area contributed by atoms with Gasteiger partial charge in [-0.15, -0.1) is 0 Å². The molecule has 1 amide bonds. The molecular weight excluding hydrogens is 383 g/mol. The lowest BCUT2D eigenvalue weighted by molar-refractivity contribution is -0.130. The van der Waals surface area contributed by atoms with Crippen molar-refractivity contribution in [1.82, 2.24) is 10.3 Å². The monoisotopic (exact) mass is 408 g/mol. The van der Waals surface area contributed by atoms with Crippen molar-refractivity contribution in [2.75, 3.05) is 26.4 Å². The summed E-state index contributed by atoms with van der Waals surface area (Å²) in [5.74, 6) is 0.326. The first-order valence-corrected chi connectivity index (χ1v) is 10.3. The topological polar surface area (TPSA) is 60.5 Å². The van der Waals surface area contributed by atoms with Crippen LogP contribution in [0.1, 0.15) is 24.8 Å². The molecule has 1 saturated heterocycles. The number of nitrogens with zero attached hydrogens (tertiary/aromatic N) is 1. The van der Waals surface area contributed by atoms with Crippen LogP contribution in [-0.2, 0) is 14.9 Å². The van der Waals surface area contributed by atoms with Crippen molar-refractivity contribution in [1.29, 1.82) is 0 Å². The third kappa shape index (κ3) is 4.28. The van der Waals surface area contributed by atoms with Gasteiger partial charge in [-0.05, 0) is 49.1 Å². The second-order valence-corrected chi connectivity index (χ2v) is 7.49. The first-order valence-electron chi connectivity index (χ1n) is 10.3. The number of halogens is 1. The van der Waals surface area contributed by atoms with Gasteiger partial charge in [0, 0.05) is 31.3 Å². The molecule has 1 aliphatic rings. The van der Waals surface area contributed by atoms with Crippen molar-refractivity contribution >= 4 is 16.8 Å². The average molecular weight is 408 g/mol. The largest absolute Gasteiger partial charge is 0.491 e. The molecule has 2 heterocycles. The first-order chi connectivity index (χ1) is 14.7. The highest BCUT2D eigenvalue weighted by Crippen LogP contribution is 2.35. The fraction of sp³-hybridized carbons (Fsp3) is 0.333. The summed E-state index contributed by atoms with van der Waals surface area (Å²) in [6, 6.07) is 16.1. The fourth-order valence-electron chi connectivity index (χ4n) is 3.97. The minimum Gasteiger partial charge on any atom is -0.491 e. The molecule has 4 rings (SSSR count). The van der Waals surface area contributed by atoms with E-state index in [1.54, 1.807) is 12.3 Å². The molecule has 3 aromatic rings. The Kier molecular flexibility index (Phi) is 6.23. The van der Waals surface area contributed by atoms with Crippen molar-refractivity contribution in [3.05, 3.63) is 72.2 Å². The third-order valence-corrected chi connectivity index (χ3v) is 5.62. The van der Waals surface area contributed by atoms with Crippen LogP contribution >= 0.6 is 0 Å². The zero-order valence-corrected chi connectivity index (χ0v) is 16.8. The van der Waals surface area contributed by atoms with Crippen molar-refractivity contribution in [3.63, 3.8) is 0 Å². The normalized spacial score (nSPS) is 15.6. The van der Waals surface area contributed by atoms with Crippen molar-refractivity contribution in [2.45, 2.75) is 24.7 Å². The summed E-state index contributed by atoms with van der Waals surface area (Å²) in [4.78, 5) is 17.5. The quantitative estimate of drug-likeness (QED) is 0.600. The summed E-state index contributed by atoms with van der Waals surface area (Å²) < 4.78 is 25.1. The number of carbonyl (C=O) groups excluding carboxylic acids is 1. The maximum Gasteiger partial charge on any atom is 0.230 e. The number of hydrogen-bond donors (Lipinski definition) is 1. The number of fused-ring (bicyclic) bond motifs is 1. The third-order valence-electron chi connectivity index (χ3n) is 5.62. The van der Waals surface area contributed by atoms with Crippen LogP contribution in [0.4, 0.5) is 4.39 Å². The first kappa shape index (κ1) is 20.3. The molecule has 0 bridgehead atoms. The van der Waals surface area contributed by atoms with Crippen LogP contribution in [0.5, 0.6) is 5.75 Å². The molecule has 5 nitrogen and oxygen atoms in total. The van der Waals surface area contributed by atoms with E-state index in [4.69, 9.17) is 9.47 Å². The van der Waals surface area contributed by atoms with Gasteiger partial charge < -0.3 is 14.8 Å². The van der Waals surface area contributed by atoms with Gasteiger partial charge in [0.1, 0.15) is 17.1 Å². The van der Waals surface area contributed by atoms with Crippen molar-refractivity contribution in [3.8, 4) is 5.75 Å². The Balaban J connectivity index is 1.35. The summed E-state index contributed by atoms with van der Waals surface area (Å²) in [7, 11) is 0. The molecule has 2 aromatic carbocycles. The molecule has 1 N–H and O–H groups in total. The van der Waals surface area contributed by atoms with E-state index in [0.717, 1.165) is 16.7 Å². The lowest BCUT2D eigenvalue weighted by Gasteiger charge is -2.36. The maximum absolute atomic E-state index is 13.8. The van der Waals surface area contributed by atoms with Gasteiger partial charge in [0.25, 0.3) is 0 Å². The van der Waals surface area contributed by atoms with Crippen molar-refractivity contribution in [2.24, 2.45) is 0 Å². The SMILES string of the molecule is O=C(NCCCOc1cccc2cccnc12)C1(c2cccc(F)c2)CCOCC1. The van der Waals surface area contributed by atoms with Gasteiger partial charge in [-0.2, -0.15) is 0 Å². The number of amides is 1. The predicted octanol–water partition coefficient (Wildman–Crippen LogP) is 4.01. The van der Waals surface area contributed by atoms with Crippen LogP contribution < -0.4 is 10.1 Å².